The monoisotopic (exact) mass is 460 g/mol. The molecule has 0 aliphatic rings. The highest BCUT2D eigenvalue weighted by Crippen LogP contribution is 2.33. The van der Waals surface area contributed by atoms with Crippen molar-refractivity contribution in [3.8, 4) is 5.75 Å². The number of ether oxygens (including phenoxy) is 1. The van der Waals surface area contributed by atoms with Gasteiger partial charge in [-0.1, -0.05) is 34.5 Å². The van der Waals surface area contributed by atoms with Crippen molar-refractivity contribution < 1.29 is 9.53 Å². The molecule has 30 heavy (non-hydrogen) atoms. The first-order chi connectivity index (χ1) is 14.5. The van der Waals surface area contributed by atoms with Gasteiger partial charge in [-0.2, -0.15) is 0 Å². The highest BCUT2D eigenvalue weighted by Gasteiger charge is 2.23. The lowest BCUT2D eigenvalue weighted by Crippen LogP contribution is -2.32. The fraction of sp³-hybridized carbons (Fsp3) is 0.190. The number of hydrogen-bond acceptors (Lipinski definition) is 5. The summed E-state index contributed by atoms with van der Waals surface area (Å²) in [7, 11) is 1.62. The molecule has 4 aromatic rings. The average Bonchev–Trinajstić information content (AvgIpc) is 3.39. The van der Waals surface area contributed by atoms with Crippen LogP contribution in [0.3, 0.4) is 0 Å². The van der Waals surface area contributed by atoms with Crippen molar-refractivity contribution >= 4 is 55.8 Å². The van der Waals surface area contributed by atoms with Gasteiger partial charge in [-0.15, -0.1) is 0 Å². The Hall–Kier alpha value is -2.61. The van der Waals surface area contributed by atoms with E-state index >= 15 is 0 Å². The number of methoxy groups -OCH3 is 1. The van der Waals surface area contributed by atoms with Gasteiger partial charge >= 0.3 is 0 Å². The van der Waals surface area contributed by atoms with Crippen molar-refractivity contribution in [2.24, 2.45) is 0 Å². The predicted octanol–water partition coefficient (Wildman–Crippen LogP) is 5.55. The number of aromatic nitrogens is 3. The van der Waals surface area contributed by atoms with Gasteiger partial charge in [0.2, 0.25) is 0 Å². The Bertz CT molecular complexity index is 1180. The number of imidazole rings is 1. The number of benzene rings is 2. The lowest BCUT2D eigenvalue weighted by Gasteiger charge is -2.20. The Kier molecular flexibility index (Phi) is 6.22. The zero-order valence-corrected chi connectivity index (χ0v) is 18.4. The second-order valence-corrected chi connectivity index (χ2v) is 8.42. The largest absolute Gasteiger partial charge is 0.497 e. The summed E-state index contributed by atoms with van der Waals surface area (Å²) < 4.78 is 8.22. The quantitative estimate of drug-likeness (QED) is 0.362. The van der Waals surface area contributed by atoms with Crippen LogP contribution < -0.4 is 9.64 Å². The molecule has 2 aromatic carbocycles. The second-order valence-electron chi connectivity index (χ2n) is 6.57. The summed E-state index contributed by atoms with van der Waals surface area (Å²) in [5, 5.41) is 1.41. The maximum absolute atomic E-state index is 13.4. The standard InChI is InChI=1S/C21H18Cl2N4O2S/c1-29-15-4-6-18-19(12-15)30-21(25-18)27(9-2-8-26-10-7-24-13-26)20(28)16-5-3-14(22)11-17(16)23/h3-7,10-13H,2,8-9H2,1H3. The summed E-state index contributed by atoms with van der Waals surface area (Å²) >= 11 is 13.8. The van der Waals surface area contributed by atoms with Crippen molar-refractivity contribution in [1.82, 2.24) is 14.5 Å². The van der Waals surface area contributed by atoms with Gasteiger partial charge in [0.15, 0.2) is 5.13 Å². The number of rotatable bonds is 7. The molecular weight excluding hydrogens is 443 g/mol. The zero-order chi connectivity index (χ0) is 21.1. The molecule has 0 saturated heterocycles. The average molecular weight is 461 g/mol. The van der Waals surface area contributed by atoms with Crippen LogP contribution in [0.1, 0.15) is 16.8 Å². The van der Waals surface area contributed by atoms with Crippen LogP contribution in [-0.2, 0) is 6.54 Å². The summed E-state index contributed by atoms with van der Waals surface area (Å²) in [6, 6.07) is 10.5. The van der Waals surface area contributed by atoms with Gasteiger partial charge in [-0.3, -0.25) is 9.69 Å². The van der Waals surface area contributed by atoms with Crippen molar-refractivity contribution in [3.63, 3.8) is 0 Å². The van der Waals surface area contributed by atoms with E-state index in [1.807, 2.05) is 29.0 Å². The second kappa shape index (κ2) is 9.04. The van der Waals surface area contributed by atoms with E-state index in [1.54, 1.807) is 42.7 Å². The van der Waals surface area contributed by atoms with Gasteiger partial charge in [0.1, 0.15) is 5.75 Å². The third-order valence-electron chi connectivity index (χ3n) is 4.58. The number of amides is 1. The fourth-order valence-electron chi connectivity index (χ4n) is 3.06. The number of aryl methyl sites for hydroxylation is 1. The number of fused-ring (bicyclic) bond motifs is 1. The third kappa shape index (κ3) is 4.43. The van der Waals surface area contributed by atoms with Gasteiger partial charge in [0, 0.05) is 30.5 Å². The van der Waals surface area contributed by atoms with Crippen LogP contribution in [0, 0.1) is 0 Å². The van der Waals surface area contributed by atoms with Gasteiger partial charge < -0.3 is 9.30 Å². The molecule has 6 nitrogen and oxygen atoms in total. The molecule has 4 rings (SSSR count). The zero-order valence-electron chi connectivity index (χ0n) is 16.1. The van der Waals surface area contributed by atoms with E-state index in [1.165, 1.54) is 11.3 Å². The van der Waals surface area contributed by atoms with Crippen LogP contribution in [-0.4, -0.2) is 34.1 Å². The van der Waals surface area contributed by atoms with Gasteiger partial charge in [0.05, 0.1) is 34.2 Å². The molecule has 0 N–H and O–H groups in total. The Morgan fingerprint density at radius 3 is 2.83 bits per heavy atom. The van der Waals surface area contributed by atoms with Crippen molar-refractivity contribution in [3.05, 3.63) is 70.7 Å². The highest BCUT2D eigenvalue weighted by atomic mass is 35.5. The van der Waals surface area contributed by atoms with Crippen LogP contribution in [0.15, 0.2) is 55.1 Å². The number of hydrogen-bond donors (Lipinski definition) is 0. The van der Waals surface area contributed by atoms with Gasteiger partial charge in [0.25, 0.3) is 5.91 Å². The van der Waals surface area contributed by atoms with Crippen LogP contribution in [0.5, 0.6) is 5.75 Å². The minimum Gasteiger partial charge on any atom is -0.497 e. The minimum absolute atomic E-state index is 0.215. The van der Waals surface area contributed by atoms with E-state index < -0.39 is 0 Å². The number of thiazole rings is 1. The molecular formula is C21H18Cl2N4O2S. The Balaban J connectivity index is 1.66. The highest BCUT2D eigenvalue weighted by molar-refractivity contribution is 7.22. The number of carbonyl (C=O) groups is 1. The lowest BCUT2D eigenvalue weighted by atomic mass is 10.2. The molecule has 0 radical (unpaired) electrons. The predicted molar refractivity (Wildman–Crippen MR) is 121 cm³/mol. The molecule has 0 aliphatic heterocycles. The molecule has 0 fully saturated rings. The molecule has 154 valence electrons. The molecule has 0 unspecified atom stereocenters. The van der Waals surface area contributed by atoms with E-state index in [2.05, 4.69) is 9.97 Å². The summed E-state index contributed by atoms with van der Waals surface area (Å²) in [5.41, 5.74) is 1.20. The van der Waals surface area contributed by atoms with Crippen LogP contribution >= 0.6 is 34.5 Å². The number of carbonyl (C=O) groups excluding carboxylic acids is 1. The van der Waals surface area contributed by atoms with E-state index in [-0.39, 0.29) is 5.91 Å². The summed E-state index contributed by atoms with van der Waals surface area (Å²) in [6.45, 7) is 1.21. The molecule has 0 spiro atoms. The first-order valence-electron chi connectivity index (χ1n) is 9.22. The normalized spacial score (nSPS) is 11.0. The Labute approximate surface area is 187 Å². The maximum atomic E-state index is 13.4. The molecule has 2 heterocycles. The number of anilines is 1. The van der Waals surface area contributed by atoms with E-state index in [0.29, 0.717) is 27.3 Å². The number of halogens is 2. The first-order valence-corrected chi connectivity index (χ1v) is 10.8. The third-order valence-corrected chi connectivity index (χ3v) is 6.17. The minimum atomic E-state index is -0.215. The summed E-state index contributed by atoms with van der Waals surface area (Å²) in [5.74, 6) is 0.532. The number of nitrogens with zero attached hydrogens (tertiary/aromatic N) is 4. The molecule has 1 amide bonds. The van der Waals surface area contributed by atoms with E-state index in [0.717, 1.165) is 28.9 Å². The van der Waals surface area contributed by atoms with Crippen LogP contribution in [0.25, 0.3) is 10.2 Å². The topological polar surface area (TPSA) is 60.2 Å². The Morgan fingerprint density at radius 1 is 1.23 bits per heavy atom. The van der Waals surface area contributed by atoms with Crippen LogP contribution in [0.2, 0.25) is 10.0 Å². The summed E-state index contributed by atoms with van der Waals surface area (Å²) in [4.78, 5) is 23.8. The van der Waals surface area contributed by atoms with Gasteiger partial charge in [-0.25, -0.2) is 9.97 Å². The fourth-order valence-corrected chi connectivity index (χ4v) is 4.57. The van der Waals surface area contributed by atoms with Crippen LogP contribution in [0.4, 0.5) is 5.13 Å². The maximum Gasteiger partial charge on any atom is 0.261 e. The molecule has 0 bridgehead atoms. The first kappa shape index (κ1) is 20.7. The molecule has 0 aliphatic carbocycles. The van der Waals surface area contributed by atoms with Crippen molar-refractivity contribution in [2.75, 3.05) is 18.6 Å². The SMILES string of the molecule is COc1ccc2nc(N(CCCn3ccnc3)C(=O)c3ccc(Cl)cc3Cl)sc2c1. The van der Waals surface area contributed by atoms with Gasteiger partial charge in [-0.05, 0) is 42.8 Å². The Morgan fingerprint density at radius 2 is 2.10 bits per heavy atom. The molecule has 2 aromatic heterocycles. The van der Waals surface area contributed by atoms with E-state index in [4.69, 9.17) is 27.9 Å². The molecule has 0 atom stereocenters. The molecule has 0 saturated carbocycles. The van der Waals surface area contributed by atoms with Crippen molar-refractivity contribution in [1.29, 1.82) is 0 Å². The molecule has 9 heteroatoms. The lowest BCUT2D eigenvalue weighted by molar-refractivity contribution is 0.0986. The summed E-state index contributed by atoms with van der Waals surface area (Å²) in [6.07, 6.45) is 6.11. The van der Waals surface area contributed by atoms with E-state index in [9.17, 15) is 4.79 Å². The smallest absolute Gasteiger partial charge is 0.261 e. The van der Waals surface area contributed by atoms with Crippen molar-refractivity contribution in [2.45, 2.75) is 13.0 Å².